The number of hydrogen-bond donors (Lipinski definition) is 0. The van der Waals surface area contributed by atoms with E-state index in [1.807, 2.05) is 24.4 Å². The van der Waals surface area contributed by atoms with Crippen molar-refractivity contribution in [1.82, 2.24) is 9.88 Å². The minimum Gasteiger partial charge on any atom is -0.493 e. The van der Waals surface area contributed by atoms with Crippen molar-refractivity contribution < 1.29 is 9.47 Å². The first-order chi connectivity index (χ1) is 12.1. The van der Waals surface area contributed by atoms with Gasteiger partial charge in [-0.05, 0) is 43.7 Å². The van der Waals surface area contributed by atoms with Crippen molar-refractivity contribution in [3.8, 4) is 11.5 Å². The number of rotatable bonds is 5. The molecule has 3 rings (SSSR count). The Bertz CT molecular complexity index is 687. The molecule has 0 unspecified atom stereocenters. The summed E-state index contributed by atoms with van der Waals surface area (Å²) in [5, 5.41) is 0. The molecule has 0 amide bonds. The van der Waals surface area contributed by atoms with E-state index in [-0.39, 0.29) is 12.4 Å². The Morgan fingerprint density at radius 2 is 1.69 bits per heavy atom. The highest BCUT2D eigenvalue weighted by Crippen LogP contribution is 2.29. The van der Waals surface area contributed by atoms with Gasteiger partial charge in [-0.3, -0.25) is 4.90 Å². The number of hydrogen-bond acceptors (Lipinski definition) is 5. The van der Waals surface area contributed by atoms with Crippen molar-refractivity contribution >= 4 is 18.2 Å². The van der Waals surface area contributed by atoms with Gasteiger partial charge >= 0.3 is 0 Å². The average Bonchev–Trinajstić information content (AvgIpc) is 2.65. The first kappa shape index (κ1) is 20.3. The molecule has 5 nitrogen and oxygen atoms in total. The molecule has 0 saturated carbocycles. The largest absolute Gasteiger partial charge is 0.493 e. The van der Waals surface area contributed by atoms with Crippen molar-refractivity contribution in [1.29, 1.82) is 0 Å². The molecule has 0 N–H and O–H groups in total. The van der Waals surface area contributed by atoms with E-state index in [0.29, 0.717) is 12.1 Å². The Morgan fingerprint density at radius 1 is 1.00 bits per heavy atom. The summed E-state index contributed by atoms with van der Waals surface area (Å²) in [6.07, 6.45) is 1.86. The number of benzene rings is 1. The molecule has 1 saturated heterocycles. The normalized spacial score (nSPS) is 20.4. The van der Waals surface area contributed by atoms with E-state index in [2.05, 4.69) is 46.8 Å². The summed E-state index contributed by atoms with van der Waals surface area (Å²) in [6.45, 7) is 7.43. The number of nitrogens with zero attached hydrogens (tertiary/aromatic N) is 3. The van der Waals surface area contributed by atoms with E-state index in [9.17, 15) is 0 Å². The lowest BCUT2D eigenvalue weighted by molar-refractivity contribution is 0.122. The fraction of sp³-hybridized carbons (Fsp3) is 0.450. The van der Waals surface area contributed by atoms with E-state index in [1.54, 1.807) is 14.2 Å². The Hall–Kier alpha value is -1.98. The number of aromatic nitrogens is 1. The topological polar surface area (TPSA) is 37.8 Å². The van der Waals surface area contributed by atoms with Crippen LogP contribution in [0.25, 0.3) is 0 Å². The van der Waals surface area contributed by atoms with Crippen molar-refractivity contribution in [2.75, 3.05) is 32.2 Å². The maximum absolute atomic E-state index is 5.43. The molecule has 0 spiro atoms. The number of pyridine rings is 1. The van der Waals surface area contributed by atoms with Gasteiger partial charge in [0.25, 0.3) is 0 Å². The maximum Gasteiger partial charge on any atom is 0.161 e. The zero-order valence-electron chi connectivity index (χ0n) is 15.9. The van der Waals surface area contributed by atoms with Gasteiger partial charge in [-0.15, -0.1) is 12.4 Å². The average molecular weight is 378 g/mol. The van der Waals surface area contributed by atoms with Gasteiger partial charge in [0.05, 0.1) is 14.2 Å². The highest BCUT2D eigenvalue weighted by Gasteiger charge is 2.30. The lowest BCUT2D eigenvalue weighted by Gasteiger charge is -2.45. The Labute approximate surface area is 162 Å². The second kappa shape index (κ2) is 9.10. The number of anilines is 1. The molecule has 1 aromatic heterocycles. The molecule has 0 bridgehead atoms. The number of piperazine rings is 1. The van der Waals surface area contributed by atoms with Gasteiger partial charge in [-0.25, -0.2) is 4.98 Å². The van der Waals surface area contributed by atoms with Crippen LogP contribution in [-0.4, -0.2) is 49.3 Å². The third-order valence-electron chi connectivity index (χ3n) is 4.89. The van der Waals surface area contributed by atoms with E-state index in [4.69, 9.17) is 9.47 Å². The van der Waals surface area contributed by atoms with Gasteiger partial charge in [-0.1, -0.05) is 12.1 Å². The molecule has 1 fully saturated rings. The second-order valence-corrected chi connectivity index (χ2v) is 6.65. The van der Waals surface area contributed by atoms with Crippen LogP contribution >= 0.6 is 12.4 Å². The zero-order chi connectivity index (χ0) is 17.8. The van der Waals surface area contributed by atoms with Crippen LogP contribution in [-0.2, 0) is 6.54 Å². The molecule has 0 radical (unpaired) electrons. The minimum atomic E-state index is 0. The fourth-order valence-electron chi connectivity index (χ4n) is 3.59. The molecular formula is C20H28ClN3O2. The molecule has 0 aliphatic carbocycles. The van der Waals surface area contributed by atoms with Crippen LogP contribution in [0.1, 0.15) is 19.4 Å². The van der Waals surface area contributed by atoms with Crippen LogP contribution < -0.4 is 14.4 Å². The van der Waals surface area contributed by atoms with Gasteiger partial charge in [0, 0.05) is 37.9 Å². The predicted octanol–water partition coefficient (Wildman–Crippen LogP) is 3.62. The minimum absolute atomic E-state index is 0. The molecule has 2 heterocycles. The van der Waals surface area contributed by atoms with E-state index >= 15 is 0 Å². The van der Waals surface area contributed by atoms with Crippen molar-refractivity contribution in [2.45, 2.75) is 32.5 Å². The summed E-state index contributed by atoms with van der Waals surface area (Å²) in [4.78, 5) is 9.42. The summed E-state index contributed by atoms with van der Waals surface area (Å²) in [6, 6.07) is 13.2. The van der Waals surface area contributed by atoms with E-state index in [0.717, 1.165) is 37.0 Å². The Morgan fingerprint density at radius 3 is 2.27 bits per heavy atom. The lowest BCUT2D eigenvalue weighted by atomic mass is 10.1. The summed E-state index contributed by atoms with van der Waals surface area (Å²) in [5.41, 5.74) is 1.24. The molecule has 1 aliphatic heterocycles. The van der Waals surface area contributed by atoms with Gasteiger partial charge in [-0.2, -0.15) is 0 Å². The number of ether oxygens (including phenoxy) is 2. The SMILES string of the molecule is COc1ccc(CN2[C@H](C)CN(c3ccccn3)C[C@@H]2C)cc1OC.Cl. The predicted molar refractivity (Wildman–Crippen MR) is 108 cm³/mol. The molecular weight excluding hydrogens is 350 g/mol. The molecule has 1 aromatic carbocycles. The fourth-order valence-corrected chi connectivity index (χ4v) is 3.59. The first-order valence-corrected chi connectivity index (χ1v) is 8.75. The van der Waals surface area contributed by atoms with Crippen LogP contribution in [0.4, 0.5) is 5.82 Å². The van der Waals surface area contributed by atoms with Gasteiger partial charge in [0.15, 0.2) is 11.5 Å². The summed E-state index contributed by atoms with van der Waals surface area (Å²) < 4.78 is 10.8. The van der Waals surface area contributed by atoms with Crippen LogP contribution in [0.3, 0.4) is 0 Å². The Kier molecular flexibility index (Phi) is 7.12. The van der Waals surface area contributed by atoms with Crippen LogP contribution in [0.5, 0.6) is 11.5 Å². The molecule has 1 aliphatic rings. The smallest absolute Gasteiger partial charge is 0.161 e. The van der Waals surface area contributed by atoms with Crippen molar-refractivity contribution in [2.24, 2.45) is 0 Å². The lowest BCUT2D eigenvalue weighted by Crippen LogP contribution is -2.56. The highest BCUT2D eigenvalue weighted by molar-refractivity contribution is 5.85. The van der Waals surface area contributed by atoms with Crippen LogP contribution in [0, 0.1) is 0 Å². The summed E-state index contributed by atoms with van der Waals surface area (Å²) >= 11 is 0. The van der Waals surface area contributed by atoms with E-state index in [1.165, 1.54) is 5.56 Å². The molecule has 6 heteroatoms. The Balaban J connectivity index is 0.00000243. The summed E-state index contributed by atoms with van der Waals surface area (Å²) in [7, 11) is 3.34. The quantitative estimate of drug-likeness (QED) is 0.795. The summed E-state index contributed by atoms with van der Waals surface area (Å²) in [5.74, 6) is 2.62. The second-order valence-electron chi connectivity index (χ2n) is 6.65. The zero-order valence-corrected chi connectivity index (χ0v) is 16.7. The number of methoxy groups -OCH3 is 2. The monoisotopic (exact) mass is 377 g/mol. The third kappa shape index (κ3) is 4.40. The van der Waals surface area contributed by atoms with Crippen LogP contribution in [0.2, 0.25) is 0 Å². The van der Waals surface area contributed by atoms with Gasteiger partial charge in [0.1, 0.15) is 5.82 Å². The first-order valence-electron chi connectivity index (χ1n) is 8.75. The van der Waals surface area contributed by atoms with E-state index < -0.39 is 0 Å². The highest BCUT2D eigenvalue weighted by atomic mass is 35.5. The van der Waals surface area contributed by atoms with Gasteiger partial charge in [0.2, 0.25) is 0 Å². The van der Waals surface area contributed by atoms with Crippen molar-refractivity contribution in [3.63, 3.8) is 0 Å². The molecule has 2 atom stereocenters. The van der Waals surface area contributed by atoms with Crippen LogP contribution in [0.15, 0.2) is 42.6 Å². The van der Waals surface area contributed by atoms with Crippen molar-refractivity contribution in [3.05, 3.63) is 48.2 Å². The third-order valence-corrected chi connectivity index (χ3v) is 4.89. The van der Waals surface area contributed by atoms with Gasteiger partial charge < -0.3 is 14.4 Å². The molecule has 2 aromatic rings. The number of halogens is 1. The molecule has 142 valence electrons. The molecule has 26 heavy (non-hydrogen) atoms. The maximum atomic E-state index is 5.43. The standard InChI is InChI=1S/C20H27N3O2.ClH/c1-15-12-22(20-7-5-6-10-21-20)13-16(2)23(15)14-17-8-9-18(24-3)19(11-17)25-4;/h5-11,15-16H,12-14H2,1-4H3;1H/t15-,16+;.